The van der Waals surface area contributed by atoms with E-state index >= 15 is 0 Å². The van der Waals surface area contributed by atoms with Gasteiger partial charge in [0, 0.05) is 31.9 Å². The Labute approximate surface area is 160 Å². The number of non-ortho nitro benzene ring substituents is 1. The number of nitrogens with zero attached hydrogens (tertiary/aromatic N) is 3. The zero-order valence-electron chi connectivity index (χ0n) is 15.5. The van der Waals surface area contributed by atoms with Crippen LogP contribution in [-0.2, 0) is 0 Å². The van der Waals surface area contributed by atoms with Gasteiger partial charge in [0.25, 0.3) is 17.5 Å². The number of nitro benzene ring substituents is 1. The molecule has 1 unspecified atom stereocenters. The molecule has 0 spiro atoms. The maximum atomic E-state index is 12.6. The van der Waals surface area contributed by atoms with Crippen LogP contribution in [-0.4, -0.2) is 46.7 Å². The lowest BCUT2D eigenvalue weighted by Crippen LogP contribution is -2.33. The maximum absolute atomic E-state index is 12.6. The molecule has 1 N–H and O–H groups in total. The molecule has 1 atom stereocenters. The van der Waals surface area contributed by atoms with Gasteiger partial charge in [-0.05, 0) is 30.7 Å². The molecule has 4 amide bonds. The topological polar surface area (TPSA) is 113 Å². The summed E-state index contributed by atoms with van der Waals surface area (Å²) >= 11 is 0. The highest BCUT2D eigenvalue weighted by Gasteiger charge is 2.33. The number of anilines is 1. The smallest absolute Gasteiger partial charge is 0.321 e. The van der Waals surface area contributed by atoms with E-state index in [1.54, 1.807) is 32.2 Å². The molecule has 1 aliphatic heterocycles. The molecule has 144 valence electrons. The van der Waals surface area contributed by atoms with Gasteiger partial charge in [-0.3, -0.25) is 24.6 Å². The number of fused-ring (bicyclic) bond motifs is 1. The van der Waals surface area contributed by atoms with Crippen molar-refractivity contribution in [2.24, 2.45) is 0 Å². The van der Waals surface area contributed by atoms with E-state index < -0.39 is 22.9 Å². The molecule has 0 aromatic heterocycles. The summed E-state index contributed by atoms with van der Waals surface area (Å²) in [4.78, 5) is 49.5. The second-order valence-corrected chi connectivity index (χ2v) is 6.50. The van der Waals surface area contributed by atoms with Gasteiger partial charge < -0.3 is 10.2 Å². The molecule has 2 aromatic carbocycles. The fourth-order valence-electron chi connectivity index (χ4n) is 2.95. The van der Waals surface area contributed by atoms with Gasteiger partial charge in [-0.15, -0.1) is 0 Å². The molecule has 0 fully saturated rings. The first-order valence-electron chi connectivity index (χ1n) is 8.45. The Morgan fingerprint density at radius 3 is 2.50 bits per heavy atom. The van der Waals surface area contributed by atoms with Crippen LogP contribution in [0.4, 0.5) is 16.2 Å². The number of benzene rings is 2. The van der Waals surface area contributed by atoms with Crippen molar-refractivity contribution < 1.29 is 19.3 Å². The zero-order valence-corrected chi connectivity index (χ0v) is 15.5. The summed E-state index contributed by atoms with van der Waals surface area (Å²) in [5, 5.41) is 13.6. The van der Waals surface area contributed by atoms with Gasteiger partial charge >= 0.3 is 6.03 Å². The molecule has 0 saturated heterocycles. The summed E-state index contributed by atoms with van der Waals surface area (Å²) in [6, 6.07) is 9.70. The third-order valence-electron chi connectivity index (χ3n) is 4.81. The second-order valence-electron chi connectivity index (χ2n) is 6.50. The van der Waals surface area contributed by atoms with E-state index in [1.807, 2.05) is 0 Å². The number of nitro groups is 1. The highest BCUT2D eigenvalue weighted by atomic mass is 16.6. The lowest BCUT2D eigenvalue weighted by atomic mass is 10.1. The molecule has 0 bridgehead atoms. The van der Waals surface area contributed by atoms with Crippen LogP contribution in [0.25, 0.3) is 0 Å². The van der Waals surface area contributed by atoms with Gasteiger partial charge in [0.15, 0.2) is 0 Å². The van der Waals surface area contributed by atoms with E-state index in [9.17, 15) is 24.5 Å². The van der Waals surface area contributed by atoms with Crippen LogP contribution in [0.15, 0.2) is 42.5 Å². The first-order chi connectivity index (χ1) is 13.2. The van der Waals surface area contributed by atoms with Crippen molar-refractivity contribution in [3.05, 3.63) is 69.3 Å². The average Bonchev–Trinajstić information content (AvgIpc) is 2.90. The summed E-state index contributed by atoms with van der Waals surface area (Å²) in [5.74, 6) is -0.802. The van der Waals surface area contributed by atoms with Crippen LogP contribution in [0.2, 0.25) is 0 Å². The van der Waals surface area contributed by atoms with Crippen LogP contribution in [0.3, 0.4) is 0 Å². The number of urea groups is 1. The van der Waals surface area contributed by atoms with Crippen molar-refractivity contribution in [3.8, 4) is 0 Å². The maximum Gasteiger partial charge on any atom is 0.322 e. The minimum absolute atomic E-state index is 0.0518. The van der Waals surface area contributed by atoms with Gasteiger partial charge in [0.2, 0.25) is 0 Å². The number of rotatable bonds is 4. The molecule has 3 rings (SSSR count). The fourth-order valence-corrected chi connectivity index (χ4v) is 2.95. The molecular weight excluding hydrogens is 364 g/mol. The van der Waals surface area contributed by atoms with Crippen molar-refractivity contribution >= 4 is 29.2 Å². The number of nitrogens with one attached hydrogen (secondary N) is 1. The normalized spacial score (nSPS) is 13.9. The van der Waals surface area contributed by atoms with Crippen LogP contribution < -0.4 is 5.32 Å². The fraction of sp³-hybridized carbons (Fsp3) is 0.211. The first kappa shape index (κ1) is 19.0. The Bertz CT molecular complexity index is 1000. The second kappa shape index (κ2) is 7.10. The largest absolute Gasteiger partial charge is 0.322 e. The number of hydrogen-bond acceptors (Lipinski definition) is 5. The molecule has 9 nitrogen and oxygen atoms in total. The predicted octanol–water partition coefficient (Wildman–Crippen LogP) is 3.05. The third-order valence-corrected chi connectivity index (χ3v) is 4.81. The summed E-state index contributed by atoms with van der Waals surface area (Å²) in [6.45, 7) is 1.75. The molecular formula is C19H18N4O5. The van der Waals surface area contributed by atoms with Gasteiger partial charge in [-0.2, -0.15) is 0 Å². The van der Waals surface area contributed by atoms with E-state index in [-0.39, 0.29) is 17.2 Å². The SMILES string of the molecule is CC(c1cccc([N+](=O)[O-])c1)N(C)C(=O)Nc1ccc2c(c1)C(=O)N(C)C2=O. The standard InChI is InChI=1S/C19H18N4O5/c1-11(12-5-4-6-14(9-12)23(27)28)21(2)19(26)20-13-7-8-15-16(10-13)18(25)22(3)17(15)24/h4-11H,1-3H3,(H,20,26). The van der Waals surface area contributed by atoms with E-state index in [2.05, 4.69) is 5.32 Å². The third kappa shape index (κ3) is 3.29. The molecule has 1 heterocycles. The molecule has 0 saturated carbocycles. The van der Waals surface area contributed by atoms with Gasteiger partial charge in [0.05, 0.1) is 22.1 Å². The average molecular weight is 382 g/mol. The number of amides is 4. The van der Waals surface area contributed by atoms with Gasteiger partial charge in [0.1, 0.15) is 0 Å². The minimum Gasteiger partial charge on any atom is -0.321 e. The molecule has 1 aliphatic rings. The molecule has 0 aliphatic carbocycles. The van der Waals surface area contributed by atoms with Crippen LogP contribution in [0, 0.1) is 10.1 Å². The number of imide groups is 1. The van der Waals surface area contributed by atoms with E-state index in [0.717, 1.165) is 4.90 Å². The summed E-state index contributed by atoms with van der Waals surface area (Å²) in [5.41, 5.74) is 1.47. The summed E-state index contributed by atoms with van der Waals surface area (Å²) in [7, 11) is 2.96. The molecule has 0 radical (unpaired) electrons. The van der Waals surface area contributed by atoms with Gasteiger partial charge in [-0.1, -0.05) is 12.1 Å². The van der Waals surface area contributed by atoms with Crippen molar-refractivity contribution in [2.45, 2.75) is 13.0 Å². The van der Waals surface area contributed by atoms with Crippen molar-refractivity contribution in [1.82, 2.24) is 9.80 Å². The van der Waals surface area contributed by atoms with Gasteiger partial charge in [-0.25, -0.2) is 4.79 Å². The van der Waals surface area contributed by atoms with Crippen LogP contribution in [0.1, 0.15) is 39.2 Å². The molecule has 2 aromatic rings. The Morgan fingerprint density at radius 1 is 1.14 bits per heavy atom. The molecule has 9 heteroatoms. The Balaban J connectivity index is 1.76. The highest BCUT2D eigenvalue weighted by molar-refractivity contribution is 6.21. The highest BCUT2D eigenvalue weighted by Crippen LogP contribution is 2.26. The van der Waals surface area contributed by atoms with Crippen LogP contribution >= 0.6 is 0 Å². The quantitative estimate of drug-likeness (QED) is 0.496. The van der Waals surface area contributed by atoms with E-state index in [1.165, 1.54) is 36.2 Å². The lowest BCUT2D eigenvalue weighted by molar-refractivity contribution is -0.384. The van der Waals surface area contributed by atoms with Crippen molar-refractivity contribution in [1.29, 1.82) is 0 Å². The summed E-state index contributed by atoms with van der Waals surface area (Å²) < 4.78 is 0. The first-order valence-corrected chi connectivity index (χ1v) is 8.45. The Kier molecular flexibility index (Phi) is 4.83. The Morgan fingerprint density at radius 2 is 1.82 bits per heavy atom. The van der Waals surface area contributed by atoms with Crippen LogP contribution in [0.5, 0.6) is 0 Å². The van der Waals surface area contributed by atoms with E-state index in [0.29, 0.717) is 16.8 Å². The predicted molar refractivity (Wildman–Crippen MR) is 101 cm³/mol. The number of carbonyl (C=O) groups is 3. The van der Waals surface area contributed by atoms with Crippen molar-refractivity contribution in [3.63, 3.8) is 0 Å². The monoisotopic (exact) mass is 382 g/mol. The minimum atomic E-state index is -0.490. The number of carbonyl (C=O) groups excluding carboxylic acids is 3. The Hall–Kier alpha value is -3.75. The lowest BCUT2D eigenvalue weighted by Gasteiger charge is -2.25. The number of hydrogen-bond donors (Lipinski definition) is 1. The van der Waals surface area contributed by atoms with E-state index in [4.69, 9.17) is 0 Å². The van der Waals surface area contributed by atoms with Crippen molar-refractivity contribution in [2.75, 3.05) is 19.4 Å². The summed E-state index contributed by atoms with van der Waals surface area (Å²) in [6.07, 6.45) is 0. The molecule has 28 heavy (non-hydrogen) atoms. The zero-order chi connectivity index (χ0) is 20.6.